The molecule has 0 unspecified atom stereocenters. The van der Waals surface area contributed by atoms with Crippen LogP contribution in [0.3, 0.4) is 0 Å². The number of Topliss-reactive ketones (excluding diaryl/α,β-unsaturated/α-hetero) is 1. The highest BCUT2D eigenvalue weighted by atomic mass is 32.1. The van der Waals surface area contributed by atoms with Crippen molar-refractivity contribution in [3.8, 4) is 0 Å². The van der Waals surface area contributed by atoms with Gasteiger partial charge in [-0.15, -0.1) is 11.3 Å². The Labute approximate surface area is 112 Å². The van der Waals surface area contributed by atoms with Crippen LogP contribution in [0.4, 0.5) is 0 Å². The molecule has 0 aliphatic carbocycles. The minimum Gasteiger partial charge on any atom is -0.294 e. The molecule has 2 aromatic rings. The number of hydrogen-bond acceptors (Lipinski definition) is 3. The summed E-state index contributed by atoms with van der Waals surface area (Å²) in [4.78, 5) is 16.5. The third-order valence-corrected chi connectivity index (χ3v) is 3.74. The number of hydrogen-bond donors (Lipinski definition) is 0. The average Bonchev–Trinajstić information content (AvgIpc) is 2.85. The van der Waals surface area contributed by atoms with Gasteiger partial charge < -0.3 is 0 Å². The van der Waals surface area contributed by atoms with Crippen LogP contribution in [0.2, 0.25) is 0 Å². The van der Waals surface area contributed by atoms with Crippen molar-refractivity contribution in [3.05, 3.63) is 52.0 Å². The van der Waals surface area contributed by atoms with Gasteiger partial charge in [0.1, 0.15) is 0 Å². The Balaban J connectivity index is 1.97. The quantitative estimate of drug-likeness (QED) is 0.736. The van der Waals surface area contributed by atoms with Crippen LogP contribution in [0.5, 0.6) is 0 Å². The van der Waals surface area contributed by atoms with Gasteiger partial charge in [-0.2, -0.15) is 0 Å². The summed E-state index contributed by atoms with van der Waals surface area (Å²) in [5.41, 5.74) is 1.67. The summed E-state index contributed by atoms with van der Waals surface area (Å²) >= 11 is 1.66. The molecular formula is C15H17NOS. The first-order chi connectivity index (χ1) is 8.79. The number of carbonyl (C=O) groups is 1. The van der Waals surface area contributed by atoms with E-state index in [1.165, 1.54) is 12.8 Å². The maximum atomic E-state index is 12.0. The number of thiazole rings is 1. The third-order valence-electron chi connectivity index (χ3n) is 2.78. The van der Waals surface area contributed by atoms with Crippen molar-refractivity contribution < 1.29 is 4.79 Å². The zero-order chi connectivity index (χ0) is 12.8. The van der Waals surface area contributed by atoms with E-state index in [4.69, 9.17) is 0 Å². The standard InChI is InChI=1S/C15H17NOS/c1-2-3-9-15-16-13(11-18-15)10-14(17)12-7-5-4-6-8-12/h4-8,11H,2-3,9-10H2,1H3. The van der Waals surface area contributed by atoms with Crippen LogP contribution < -0.4 is 0 Å². The number of benzene rings is 1. The second kappa shape index (κ2) is 6.45. The van der Waals surface area contributed by atoms with Crippen molar-refractivity contribution in [2.75, 3.05) is 0 Å². The highest BCUT2D eigenvalue weighted by Crippen LogP contribution is 2.14. The van der Waals surface area contributed by atoms with Gasteiger partial charge in [0.25, 0.3) is 0 Å². The molecule has 18 heavy (non-hydrogen) atoms. The molecule has 2 nitrogen and oxygen atoms in total. The summed E-state index contributed by atoms with van der Waals surface area (Å²) in [7, 11) is 0. The van der Waals surface area contributed by atoms with Crippen molar-refractivity contribution in [1.29, 1.82) is 0 Å². The Hall–Kier alpha value is -1.48. The molecule has 0 aliphatic rings. The zero-order valence-corrected chi connectivity index (χ0v) is 11.4. The minimum atomic E-state index is 0.142. The molecule has 0 atom stereocenters. The summed E-state index contributed by atoms with van der Waals surface area (Å²) in [6, 6.07) is 9.41. The van der Waals surface area contributed by atoms with E-state index in [1.54, 1.807) is 11.3 Å². The fourth-order valence-electron chi connectivity index (χ4n) is 1.76. The molecule has 0 radical (unpaired) electrons. The highest BCUT2D eigenvalue weighted by molar-refractivity contribution is 7.09. The zero-order valence-electron chi connectivity index (χ0n) is 10.6. The van der Waals surface area contributed by atoms with Crippen LogP contribution in [0.15, 0.2) is 35.7 Å². The van der Waals surface area contributed by atoms with E-state index in [0.29, 0.717) is 6.42 Å². The number of nitrogens with zero attached hydrogens (tertiary/aromatic N) is 1. The second-order valence-corrected chi connectivity index (χ2v) is 5.24. The number of aryl methyl sites for hydroxylation is 1. The predicted octanol–water partition coefficient (Wildman–Crippen LogP) is 3.91. The molecular weight excluding hydrogens is 242 g/mol. The Bertz CT molecular complexity index is 504. The Morgan fingerprint density at radius 3 is 2.78 bits per heavy atom. The maximum absolute atomic E-state index is 12.0. The molecule has 0 aliphatic heterocycles. The maximum Gasteiger partial charge on any atom is 0.168 e. The minimum absolute atomic E-state index is 0.142. The molecule has 0 saturated heterocycles. The number of rotatable bonds is 6. The number of aromatic nitrogens is 1. The van der Waals surface area contributed by atoms with Crippen LogP contribution in [-0.2, 0) is 12.8 Å². The summed E-state index contributed by atoms with van der Waals surface area (Å²) in [6.45, 7) is 2.17. The van der Waals surface area contributed by atoms with E-state index in [2.05, 4.69) is 11.9 Å². The van der Waals surface area contributed by atoms with Gasteiger partial charge in [0.05, 0.1) is 17.1 Å². The average molecular weight is 259 g/mol. The molecule has 0 bridgehead atoms. The van der Waals surface area contributed by atoms with E-state index in [1.807, 2.05) is 35.7 Å². The second-order valence-electron chi connectivity index (χ2n) is 4.30. The summed E-state index contributed by atoms with van der Waals surface area (Å²) in [6.07, 6.45) is 3.78. The topological polar surface area (TPSA) is 30.0 Å². The van der Waals surface area contributed by atoms with Gasteiger partial charge >= 0.3 is 0 Å². The fourth-order valence-corrected chi connectivity index (χ4v) is 2.60. The van der Waals surface area contributed by atoms with Gasteiger partial charge in [0, 0.05) is 10.9 Å². The molecule has 94 valence electrons. The van der Waals surface area contributed by atoms with Gasteiger partial charge in [-0.1, -0.05) is 43.7 Å². The lowest BCUT2D eigenvalue weighted by Gasteiger charge is -1.98. The molecule has 0 spiro atoms. The van der Waals surface area contributed by atoms with Crippen molar-refractivity contribution in [2.24, 2.45) is 0 Å². The predicted molar refractivity (Wildman–Crippen MR) is 75.2 cm³/mol. The first-order valence-corrected chi connectivity index (χ1v) is 7.19. The lowest BCUT2D eigenvalue weighted by Crippen LogP contribution is -2.03. The smallest absolute Gasteiger partial charge is 0.168 e. The lowest BCUT2D eigenvalue weighted by molar-refractivity contribution is 0.0992. The first-order valence-electron chi connectivity index (χ1n) is 6.31. The van der Waals surface area contributed by atoms with Crippen LogP contribution in [-0.4, -0.2) is 10.8 Å². The van der Waals surface area contributed by atoms with E-state index in [0.717, 1.165) is 22.7 Å². The molecule has 3 heteroatoms. The van der Waals surface area contributed by atoms with Crippen LogP contribution in [0, 0.1) is 0 Å². The van der Waals surface area contributed by atoms with Crippen molar-refractivity contribution in [3.63, 3.8) is 0 Å². The molecule has 2 rings (SSSR count). The van der Waals surface area contributed by atoms with E-state index in [-0.39, 0.29) is 5.78 Å². The molecule has 1 aromatic heterocycles. The number of ketones is 1. The third kappa shape index (κ3) is 3.50. The van der Waals surface area contributed by atoms with Gasteiger partial charge in [-0.25, -0.2) is 4.98 Å². The largest absolute Gasteiger partial charge is 0.294 e. The van der Waals surface area contributed by atoms with Crippen LogP contribution >= 0.6 is 11.3 Å². The van der Waals surface area contributed by atoms with Crippen LogP contribution in [0.1, 0.15) is 40.8 Å². The number of unbranched alkanes of at least 4 members (excludes halogenated alkanes) is 1. The molecule has 0 fully saturated rings. The Kier molecular flexibility index (Phi) is 4.65. The molecule has 1 heterocycles. The summed E-state index contributed by atoms with van der Waals surface area (Å²) in [5.74, 6) is 0.142. The molecule has 0 saturated carbocycles. The van der Waals surface area contributed by atoms with Crippen LogP contribution in [0.25, 0.3) is 0 Å². The van der Waals surface area contributed by atoms with Gasteiger partial charge in [-0.3, -0.25) is 4.79 Å². The lowest BCUT2D eigenvalue weighted by atomic mass is 10.1. The van der Waals surface area contributed by atoms with Crippen molar-refractivity contribution in [1.82, 2.24) is 4.98 Å². The van der Waals surface area contributed by atoms with Crippen molar-refractivity contribution >= 4 is 17.1 Å². The summed E-state index contributed by atoms with van der Waals surface area (Å²) in [5, 5.41) is 3.15. The van der Waals surface area contributed by atoms with Gasteiger partial charge in [0.15, 0.2) is 5.78 Å². The van der Waals surface area contributed by atoms with E-state index >= 15 is 0 Å². The number of carbonyl (C=O) groups excluding carboxylic acids is 1. The van der Waals surface area contributed by atoms with E-state index < -0.39 is 0 Å². The SMILES string of the molecule is CCCCc1nc(CC(=O)c2ccccc2)cs1. The monoisotopic (exact) mass is 259 g/mol. The normalized spacial score (nSPS) is 10.5. The molecule has 0 N–H and O–H groups in total. The first kappa shape index (κ1) is 13.0. The highest BCUT2D eigenvalue weighted by Gasteiger charge is 2.09. The van der Waals surface area contributed by atoms with Crippen molar-refractivity contribution in [2.45, 2.75) is 32.6 Å². The molecule has 1 aromatic carbocycles. The summed E-state index contributed by atoms with van der Waals surface area (Å²) < 4.78 is 0. The fraction of sp³-hybridized carbons (Fsp3) is 0.333. The molecule has 0 amide bonds. The van der Waals surface area contributed by atoms with E-state index in [9.17, 15) is 4.79 Å². The Morgan fingerprint density at radius 2 is 2.06 bits per heavy atom. The Morgan fingerprint density at radius 1 is 1.28 bits per heavy atom. The van der Waals surface area contributed by atoms with Gasteiger partial charge in [0.2, 0.25) is 0 Å². The van der Waals surface area contributed by atoms with Gasteiger partial charge in [-0.05, 0) is 12.8 Å².